The first-order chi connectivity index (χ1) is 7.77. The predicted molar refractivity (Wildman–Crippen MR) is 66.4 cm³/mol. The van der Waals surface area contributed by atoms with Crippen LogP contribution in [0, 0.1) is 11.3 Å². The molecule has 2 rings (SSSR count). The number of hydrogen-bond donors (Lipinski definition) is 0. The van der Waals surface area contributed by atoms with Crippen molar-refractivity contribution in [3.63, 3.8) is 0 Å². The van der Waals surface area contributed by atoms with E-state index in [0.717, 1.165) is 6.54 Å². The van der Waals surface area contributed by atoms with Crippen LogP contribution < -0.4 is 0 Å². The summed E-state index contributed by atoms with van der Waals surface area (Å²) in [4.78, 5) is 25.7. The zero-order valence-electron chi connectivity index (χ0n) is 10.9. The minimum atomic E-state index is -0.596. The van der Waals surface area contributed by atoms with Gasteiger partial charge in [-0.05, 0) is 38.8 Å². The summed E-state index contributed by atoms with van der Waals surface area (Å²) in [7, 11) is 0. The van der Waals surface area contributed by atoms with Crippen LogP contribution in [0.2, 0.25) is 0 Å². The summed E-state index contributed by atoms with van der Waals surface area (Å²) in [6.45, 7) is 8.92. The van der Waals surface area contributed by atoms with E-state index >= 15 is 0 Å². The summed E-state index contributed by atoms with van der Waals surface area (Å²) in [5.74, 6) is 0.275. The van der Waals surface area contributed by atoms with Crippen molar-refractivity contribution in [3.05, 3.63) is 24.3 Å². The van der Waals surface area contributed by atoms with Crippen molar-refractivity contribution < 1.29 is 9.59 Å². The summed E-state index contributed by atoms with van der Waals surface area (Å²) in [6.07, 6.45) is 6.57. The first-order valence-corrected chi connectivity index (χ1v) is 6.02. The second-order valence-electron chi connectivity index (χ2n) is 5.99. The van der Waals surface area contributed by atoms with Gasteiger partial charge in [0.1, 0.15) is 0 Å². The number of allylic oxidation sites excluding steroid dienone is 2. The van der Waals surface area contributed by atoms with Gasteiger partial charge >= 0.3 is 0 Å². The second-order valence-corrected chi connectivity index (χ2v) is 5.99. The van der Waals surface area contributed by atoms with Crippen LogP contribution in [0.5, 0.6) is 0 Å². The quantitative estimate of drug-likeness (QED) is 0.641. The third-order valence-electron chi connectivity index (χ3n) is 3.74. The fourth-order valence-electron chi connectivity index (χ4n) is 2.55. The van der Waals surface area contributed by atoms with E-state index < -0.39 is 5.41 Å². The van der Waals surface area contributed by atoms with Crippen molar-refractivity contribution in [2.24, 2.45) is 11.3 Å². The lowest BCUT2D eigenvalue weighted by Gasteiger charge is -2.33. The van der Waals surface area contributed by atoms with Crippen molar-refractivity contribution >= 4 is 11.7 Å². The Morgan fingerprint density at radius 2 is 1.76 bits per heavy atom. The maximum absolute atomic E-state index is 12.6. The predicted octanol–water partition coefficient (Wildman–Crippen LogP) is 1.94. The Labute approximate surface area is 102 Å². The third kappa shape index (κ3) is 1.74. The molecule has 0 saturated carbocycles. The minimum absolute atomic E-state index is 0.0372. The lowest BCUT2D eigenvalue weighted by molar-refractivity contribution is -0.136. The van der Waals surface area contributed by atoms with Gasteiger partial charge in [0, 0.05) is 12.1 Å². The molecule has 1 amide bonds. The summed E-state index contributed by atoms with van der Waals surface area (Å²) >= 11 is 0. The first kappa shape index (κ1) is 12.1. The molecule has 1 aliphatic carbocycles. The molecule has 2 aliphatic rings. The van der Waals surface area contributed by atoms with Gasteiger partial charge in [-0.1, -0.05) is 19.1 Å². The Balaban J connectivity index is 2.39. The Morgan fingerprint density at radius 1 is 1.24 bits per heavy atom. The molecule has 0 aromatic heterocycles. The molecule has 92 valence electrons. The van der Waals surface area contributed by atoms with Gasteiger partial charge in [0.25, 0.3) is 0 Å². The Hall–Kier alpha value is -1.38. The molecule has 1 unspecified atom stereocenters. The standard InChI is InChI=1S/C14H19NO2/c1-10-9-15(13(2,3)4)12(17)14(10)7-5-11(16)6-8-14/h5-8,10H,9H2,1-4H3. The van der Waals surface area contributed by atoms with E-state index in [2.05, 4.69) is 6.92 Å². The summed E-state index contributed by atoms with van der Waals surface area (Å²) in [5, 5.41) is 0. The molecule has 17 heavy (non-hydrogen) atoms. The molecule has 1 heterocycles. The van der Waals surface area contributed by atoms with E-state index in [-0.39, 0.29) is 23.1 Å². The summed E-state index contributed by atoms with van der Waals surface area (Å²) in [5.41, 5.74) is -0.765. The van der Waals surface area contributed by atoms with Gasteiger partial charge in [0.2, 0.25) is 5.91 Å². The number of hydrogen-bond acceptors (Lipinski definition) is 2. The summed E-state index contributed by atoms with van der Waals surface area (Å²) < 4.78 is 0. The van der Waals surface area contributed by atoms with Crippen molar-refractivity contribution in [2.75, 3.05) is 6.54 Å². The van der Waals surface area contributed by atoms with E-state index in [0.29, 0.717) is 0 Å². The van der Waals surface area contributed by atoms with Crippen LogP contribution in [0.4, 0.5) is 0 Å². The highest BCUT2D eigenvalue weighted by Gasteiger charge is 2.51. The number of amides is 1. The van der Waals surface area contributed by atoms with Crippen LogP contribution in [0.25, 0.3) is 0 Å². The molecule has 0 N–H and O–H groups in total. The highest BCUT2D eigenvalue weighted by atomic mass is 16.2. The van der Waals surface area contributed by atoms with Gasteiger partial charge < -0.3 is 4.90 Å². The topological polar surface area (TPSA) is 37.4 Å². The maximum atomic E-state index is 12.6. The number of carbonyl (C=O) groups is 2. The SMILES string of the molecule is CC1CN(C(C)(C)C)C(=O)C12C=CC(=O)C=C2. The zero-order chi connectivity index (χ0) is 12.8. The molecule has 0 aromatic carbocycles. The van der Waals surface area contributed by atoms with Crippen LogP contribution in [0.3, 0.4) is 0 Å². The fourth-order valence-corrected chi connectivity index (χ4v) is 2.55. The van der Waals surface area contributed by atoms with Crippen LogP contribution in [0.15, 0.2) is 24.3 Å². The van der Waals surface area contributed by atoms with Crippen LogP contribution in [0.1, 0.15) is 27.7 Å². The van der Waals surface area contributed by atoms with Crippen molar-refractivity contribution in [2.45, 2.75) is 33.2 Å². The lowest BCUT2D eigenvalue weighted by atomic mass is 9.75. The molecule has 1 atom stereocenters. The fraction of sp³-hybridized carbons (Fsp3) is 0.571. The van der Waals surface area contributed by atoms with Crippen LogP contribution >= 0.6 is 0 Å². The zero-order valence-corrected chi connectivity index (χ0v) is 10.9. The van der Waals surface area contributed by atoms with Crippen molar-refractivity contribution in [3.8, 4) is 0 Å². The maximum Gasteiger partial charge on any atom is 0.237 e. The molecule has 3 nitrogen and oxygen atoms in total. The smallest absolute Gasteiger partial charge is 0.237 e. The number of rotatable bonds is 0. The monoisotopic (exact) mass is 233 g/mol. The van der Waals surface area contributed by atoms with Gasteiger partial charge in [-0.2, -0.15) is 0 Å². The second kappa shape index (κ2) is 3.56. The average Bonchev–Trinajstić information content (AvgIpc) is 2.47. The van der Waals surface area contributed by atoms with E-state index in [4.69, 9.17) is 0 Å². The lowest BCUT2D eigenvalue weighted by Crippen LogP contribution is -2.45. The molecule has 1 saturated heterocycles. The summed E-state index contributed by atoms with van der Waals surface area (Å²) in [6, 6.07) is 0. The van der Waals surface area contributed by atoms with E-state index in [1.54, 1.807) is 12.2 Å². The molecule has 1 aliphatic heterocycles. The van der Waals surface area contributed by atoms with Crippen LogP contribution in [-0.2, 0) is 9.59 Å². The number of ketones is 1. The highest BCUT2D eigenvalue weighted by Crippen LogP contribution is 2.43. The number of nitrogens with zero attached hydrogens (tertiary/aromatic N) is 1. The molecule has 1 fully saturated rings. The largest absolute Gasteiger partial charge is 0.336 e. The Kier molecular flexibility index (Phi) is 2.53. The van der Waals surface area contributed by atoms with Crippen LogP contribution in [-0.4, -0.2) is 28.7 Å². The minimum Gasteiger partial charge on any atom is -0.336 e. The van der Waals surface area contributed by atoms with Gasteiger partial charge in [0.15, 0.2) is 5.78 Å². The molecule has 0 radical (unpaired) electrons. The van der Waals surface area contributed by atoms with E-state index in [1.807, 2.05) is 25.7 Å². The van der Waals surface area contributed by atoms with E-state index in [1.165, 1.54) is 12.2 Å². The number of likely N-dealkylation sites (tertiary alicyclic amines) is 1. The van der Waals surface area contributed by atoms with Gasteiger partial charge in [-0.25, -0.2) is 0 Å². The molecule has 1 spiro atoms. The molecule has 0 bridgehead atoms. The van der Waals surface area contributed by atoms with Gasteiger partial charge in [-0.15, -0.1) is 0 Å². The average molecular weight is 233 g/mol. The third-order valence-corrected chi connectivity index (χ3v) is 3.74. The Morgan fingerprint density at radius 3 is 2.18 bits per heavy atom. The molecular formula is C14H19NO2. The van der Waals surface area contributed by atoms with E-state index in [9.17, 15) is 9.59 Å². The normalized spacial score (nSPS) is 27.3. The first-order valence-electron chi connectivity index (χ1n) is 6.02. The molecule has 0 aromatic rings. The molecule has 3 heteroatoms. The van der Waals surface area contributed by atoms with Gasteiger partial charge in [-0.3, -0.25) is 9.59 Å². The molecular weight excluding hydrogens is 214 g/mol. The highest BCUT2D eigenvalue weighted by molar-refractivity contribution is 6.03. The Bertz CT molecular complexity index is 410. The van der Waals surface area contributed by atoms with Gasteiger partial charge in [0.05, 0.1) is 5.41 Å². The van der Waals surface area contributed by atoms with Crippen molar-refractivity contribution in [1.29, 1.82) is 0 Å². The number of carbonyl (C=O) groups excluding carboxylic acids is 2. The van der Waals surface area contributed by atoms with Crippen molar-refractivity contribution in [1.82, 2.24) is 4.90 Å².